The Kier molecular flexibility index (Phi) is 6.41. The largest absolute Gasteiger partial charge is 0.372 e. The molecule has 3 aromatic carbocycles. The maximum Gasteiger partial charge on any atom is 0.193 e. The maximum absolute atomic E-state index is 13.1. The van der Waals surface area contributed by atoms with Gasteiger partial charge in [-0.05, 0) is 62.6 Å². The fourth-order valence-corrected chi connectivity index (χ4v) is 5.11. The quantitative estimate of drug-likeness (QED) is 0.416. The van der Waals surface area contributed by atoms with Crippen molar-refractivity contribution in [2.45, 2.75) is 39.2 Å². The molecule has 5 rings (SSSR count). The highest BCUT2D eigenvalue weighted by molar-refractivity contribution is 6.10. The monoisotopic (exact) mass is 465 g/mol. The molecule has 0 spiro atoms. The van der Waals surface area contributed by atoms with Crippen molar-refractivity contribution in [3.63, 3.8) is 0 Å². The van der Waals surface area contributed by atoms with Gasteiger partial charge in [0.05, 0.1) is 17.4 Å². The number of carbonyl (C=O) groups is 2. The van der Waals surface area contributed by atoms with Gasteiger partial charge in [-0.1, -0.05) is 42.5 Å². The van der Waals surface area contributed by atoms with E-state index in [0.717, 1.165) is 54.1 Å². The highest BCUT2D eigenvalue weighted by Crippen LogP contribution is 2.41. The van der Waals surface area contributed by atoms with Crippen molar-refractivity contribution in [3.05, 3.63) is 101 Å². The number of fused-ring (bicyclic) bond motifs is 1. The highest BCUT2D eigenvalue weighted by Gasteiger charge is 2.32. The maximum atomic E-state index is 13.1. The first-order chi connectivity index (χ1) is 17.1. The minimum Gasteiger partial charge on any atom is -0.372 e. The average molecular weight is 466 g/mol. The molecule has 5 nitrogen and oxygen atoms in total. The van der Waals surface area contributed by atoms with Crippen molar-refractivity contribution in [1.82, 2.24) is 0 Å². The summed E-state index contributed by atoms with van der Waals surface area (Å²) in [6.07, 6.45) is 2.24. The molecule has 0 aromatic heterocycles. The summed E-state index contributed by atoms with van der Waals surface area (Å²) in [5.74, 6) is 0.158. The molecule has 1 aliphatic heterocycles. The molecule has 0 saturated heterocycles. The van der Waals surface area contributed by atoms with Gasteiger partial charge in [-0.25, -0.2) is 0 Å². The molecule has 0 amide bonds. The third-order valence-electron chi connectivity index (χ3n) is 7.00. The van der Waals surface area contributed by atoms with Gasteiger partial charge < -0.3 is 15.5 Å². The van der Waals surface area contributed by atoms with Crippen LogP contribution >= 0.6 is 0 Å². The van der Waals surface area contributed by atoms with Crippen LogP contribution in [0.2, 0.25) is 0 Å². The van der Waals surface area contributed by atoms with E-state index >= 15 is 0 Å². The normalized spacial score (nSPS) is 17.0. The first kappa shape index (κ1) is 22.9. The molecule has 1 aliphatic carbocycles. The van der Waals surface area contributed by atoms with Crippen LogP contribution < -0.4 is 15.5 Å². The van der Waals surface area contributed by atoms with Crippen molar-refractivity contribution in [3.8, 4) is 0 Å². The number of hydrogen-bond acceptors (Lipinski definition) is 5. The fourth-order valence-electron chi connectivity index (χ4n) is 5.11. The lowest BCUT2D eigenvalue weighted by Gasteiger charge is -2.26. The molecule has 5 heteroatoms. The van der Waals surface area contributed by atoms with Crippen LogP contribution in [0, 0.1) is 0 Å². The average Bonchev–Trinajstić information content (AvgIpc) is 3.07. The van der Waals surface area contributed by atoms with Crippen LogP contribution in [0.4, 0.5) is 17.1 Å². The van der Waals surface area contributed by atoms with E-state index in [9.17, 15) is 9.59 Å². The Morgan fingerprint density at radius 3 is 2.34 bits per heavy atom. The zero-order valence-corrected chi connectivity index (χ0v) is 20.3. The number of hydrogen-bond donors (Lipinski definition) is 2. The molecule has 0 unspecified atom stereocenters. The SMILES string of the molecule is CCN(CC)c1ccc([C@@H]2Nc3cc(C(=O)c4ccccc4)ccc3NC3=C2C(=O)CCC3)cc1. The Bertz CT molecular complexity index is 1270. The van der Waals surface area contributed by atoms with Gasteiger partial charge in [-0.15, -0.1) is 0 Å². The van der Waals surface area contributed by atoms with Gasteiger partial charge in [-0.3, -0.25) is 9.59 Å². The van der Waals surface area contributed by atoms with E-state index in [1.165, 1.54) is 5.69 Å². The van der Waals surface area contributed by atoms with Gasteiger partial charge in [0.1, 0.15) is 0 Å². The topological polar surface area (TPSA) is 61.4 Å². The van der Waals surface area contributed by atoms with Gasteiger partial charge in [0, 0.05) is 47.6 Å². The molecule has 0 saturated carbocycles. The second kappa shape index (κ2) is 9.79. The number of ketones is 2. The summed E-state index contributed by atoms with van der Waals surface area (Å²) in [5.41, 5.74) is 6.98. The van der Waals surface area contributed by atoms with Crippen molar-refractivity contribution >= 4 is 28.6 Å². The standard InChI is InChI=1S/C30H31N3O2/c1-3-33(4-2)23-16-13-20(14-17-23)29-28-25(11-8-12-27(28)34)31-24-18-15-22(19-26(24)32-29)30(35)21-9-6-5-7-10-21/h5-7,9-10,13-19,29,31-32H,3-4,8,11-12H2,1-2H3/t29-/m0/s1. The second-order valence-electron chi connectivity index (χ2n) is 9.09. The van der Waals surface area contributed by atoms with E-state index in [1.807, 2.05) is 48.5 Å². The van der Waals surface area contributed by atoms with Crippen LogP contribution in [0.5, 0.6) is 0 Å². The predicted octanol–water partition coefficient (Wildman–Crippen LogP) is 6.35. The van der Waals surface area contributed by atoms with Gasteiger partial charge >= 0.3 is 0 Å². The molecule has 0 fully saturated rings. The molecule has 1 atom stereocenters. The van der Waals surface area contributed by atoms with Crippen LogP contribution in [0.1, 0.15) is 60.6 Å². The number of benzene rings is 3. The number of rotatable bonds is 6. The van der Waals surface area contributed by atoms with Crippen LogP contribution in [-0.4, -0.2) is 24.7 Å². The van der Waals surface area contributed by atoms with Crippen molar-refractivity contribution in [2.24, 2.45) is 0 Å². The van der Waals surface area contributed by atoms with E-state index in [2.05, 4.69) is 53.6 Å². The Labute approximate surface area is 206 Å². The number of anilines is 3. The summed E-state index contributed by atoms with van der Waals surface area (Å²) in [5, 5.41) is 7.14. The molecular formula is C30H31N3O2. The molecule has 0 bridgehead atoms. The molecule has 3 aromatic rings. The number of allylic oxidation sites excluding steroid dienone is 1. The number of nitrogens with one attached hydrogen (secondary N) is 2. The summed E-state index contributed by atoms with van der Waals surface area (Å²) in [7, 11) is 0. The molecule has 0 radical (unpaired) electrons. The minimum absolute atomic E-state index is 0.0200. The highest BCUT2D eigenvalue weighted by atomic mass is 16.1. The third kappa shape index (κ3) is 4.46. The molecular weight excluding hydrogens is 434 g/mol. The van der Waals surface area contributed by atoms with Crippen molar-refractivity contribution in [2.75, 3.05) is 28.6 Å². The third-order valence-corrected chi connectivity index (χ3v) is 7.00. The van der Waals surface area contributed by atoms with Gasteiger partial charge in [-0.2, -0.15) is 0 Å². The summed E-state index contributed by atoms with van der Waals surface area (Å²) < 4.78 is 0. The first-order valence-electron chi connectivity index (χ1n) is 12.5. The fraction of sp³-hybridized carbons (Fsp3) is 0.267. The van der Waals surface area contributed by atoms with Crippen molar-refractivity contribution < 1.29 is 9.59 Å². The lowest BCUT2D eigenvalue weighted by Crippen LogP contribution is -2.24. The Morgan fingerprint density at radius 1 is 0.886 bits per heavy atom. The van der Waals surface area contributed by atoms with Crippen molar-refractivity contribution in [1.29, 1.82) is 0 Å². The zero-order chi connectivity index (χ0) is 24.4. The van der Waals surface area contributed by atoms with Gasteiger partial charge in [0.15, 0.2) is 11.6 Å². The summed E-state index contributed by atoms with van der Waals surface area (Å²) >= 11 is 0. The smallest absolute Gasteiger partial charge is 0.193 e. The van der Waals surface area contributed by atoms with E-state index < -0.39 is 0 Å². The second-order valence-corrected chi connectivity index (χ2v) is 9.09. The van der Waals surface area contributed by atoms with E-state index in [1.54, 1.807) is 0 Å². The van der Waals surface area contributed by atoms with Crippen LogP contribution in [0.15, 0.2) is 84.1 Å². The van der Waals surface area contributed by atoms with Gasteiger partial charge in [0.2, 0.25) is 0 Å². The Hall–Kier alpha value is -3.86. The van der Waals surface area contributed by atoms with Crippen LogP contribution in [0.3, 0.4) is 0 Å². The lowest BCUT2D eigenvalue weighted by molar-refractivity contribution is -0.116. The predicted molar refractivity (Wildman–Crippen MR) is 142 cm³/mol. The van der Waals surface area contributed by atoms with Crippen LogP contribution in [-0.2, 0) is 4.79 Å². The molecule has 2 aliphatic rings. The Balaban J connectivity index is 1.54. The number of carbonyl (C=O) groups excluding carboxylic acids is 2. The summed E-state index contributed by atoms with van der Waals surface area (Å²) in [6, 6.07) is 23.2. The molecule has 35 heavy (non-hydrogen) atoms. The number of Topliss-reactive ketones (excluding diaryl/α,β-unsaturated/α-hetero) is 1. The summed E-state index contributed by atoms with van der Waals surface area (Å²) in [4.78, 5) is 28.6. The minimum atomic E-state index is -0.278. The molecule has 1 heterocycles. The van der Waals surface area contributed by atoms with Gasteiger partial charge in [0.25, 0.3) is 0 Å². The first-order valence-corrected chi connectivity index (χ1v) is 12.5. The zero-order valence-electron chi connectivity index (χ0n) is 20.3. The Morgan fingerprint density at radius 2 is 1.63 bits per heavy atom. The lowest BCUT2D eigenvalue weighted by atomic mass is 9.86. The van der Waals surface area contributed by atoms with E-state index in [4.69, 9.17) is 0 Å². The molecule has 2 N–H and O–H groups in total. The summed E-state index contributed by atoms with van der Waals surface area (Å²) in [6.45, 7) is 6.19. The number of nitrogens with zero attached hydrogens (tertiary/aromatic N) is 1. The van der Waals surface area contributed by atoms with Crippen LogP contribution in [0.25, 0.3) is 0 Å². The molecule has 178 valence electrons. The van der Waals surface area contributed by atoms with E-state index in [0.29, 0.717) is 17.5 Å². The van der Waals surface area contributed by atoms with E-state index in [-0.39, 0.29) is 17.6 Å².